The molecular formula is C9H12ClNO3. The van der Waals surface area contributed by atoms with Gasteiger partial charge in [0.2, 0.25) is 5.91 Å². The molecule has 0 aromatic carbocycles. The van der Waals surface area contributed by atoms with Crippen LogP contribution in [0.3, 0.4) is 0 Å². The Bertz CT molecular complexity index is 265. The third-order valence-corrected chi connectivity index (χ3v) is 2.44. The molecular weight excluding hydrogens is 206 g/mol. The first-order valence-electron chi connectivity index (χ1n) is 4.41. The number of aliphatic carboxylic acids is 1. The number of halogens is 1. The van der Waals surface area contributed by atoms with E-state index in [1.807, 2.05) is 0 Å². The average molecular weight is 218 g/mol. The average Bonchev–Trinajstić information content (AvgIpc) is 2.16. The normalized spacial score (nSPS) is 23.1. The van der Waals surface area contributed by atoms with Gasteiger partial charge in [0, 0.05) is 25.0 Å². The zero-order chi connectivity index (χ0) is 10.6. The number of carboxylic acids is 1. The van der Waals surface area contributed by atoms with Crippen LogP contribution in [0.5, 0.6) is 0 Å². The molecule has 0 bridgehead atoms. The molecule has 0 saturated carbocycles. The first-order valence-corrected chi connectivity index (χ1v) is 4.84. The number of rotatable bonds is 3. The molecule has 1 rings (SSSR count). The van der Waals surface area contributed by atoms with E-state index in [0.717, 1.165) is 0 Å². The van der Waals surface area contributed by atoms with Crippen molar-refractivity contribution in [1.29, 1.82) is 0 Å². The Morgan fingerprint density at radius 2 is 2.43 bits per heavy atom. The summed E-state index contributed by atoms with van der Waals surface area (Å²) in [5.41, 5.74) is 1.33. The Hall–Kier alpha value is -1.03. The zero-order valence-electron chi connectivity index (χ0n) is 7.65. The van der Waals surface area contributed by atoms with Gasteiger partial charge < -0.3 is 10.0 Å². The lowest BCUT2D eigenvalue weighted by atomic mass is 9.98. The molecule has 1 fully saturated rings. The van der Waals surface area contributed by atoms with Gasteiger partial charge in [0.1, 0.15) is 0 Å². The second kappa shape index (κ2) is 5.00. The highest BCUT2D eigenvalue weighted by molar-refractivity contribution is 6.25. The molecule has 0 aliphatic carbocycles. The van der Waals surface area contributed by atoms with Gasteiger partial charge in [0.15, 0.2) is 0 Å². The number of amides is 1. The van der Waals surface area contributed by atoms with E-state index in [9.17, 15) is 9.59 Å². The summed E-state index contributed by atoms with van der Waals surface area (Å²) in [5.74, 6) is -1.27. The Balaban J connectivity index is 2.55. The largest absolute Gasteiger partial charge is 0.481 e. The predicted molar refractivity (Wildman–Crippen MR) is 51.9 cm³/mol. The fourth-order valence-corrected chi connectivity index (χ4v) is 1.54. The number of nitrogens with zero attached hydrogens (tertiary/aromatic N) is 1. The molecule has 1 atom stereocenters. The molecule has 14 heavy (non-hydrogen) atoms. The smallest absolute Gasteiger partial charge is 0.308 e. The van der Waals surface area contributed by atoms with Crippen LogP contribution >= 0.6 is 11.6 Å². The van der Waals surface area contributed by atoms with E-state index < -0.39 is 11.9 Å². The molecule has 0 radical (unpaired) electrons. The van der Waals surface area contributed by atoms with Crippen molar-refractivity contribution in [2.75, 3.05) is 13.1 Å². The molecule has 1 saturated heterocycles. The number of carbonyl (C=O) groups is 2. The molecule has 5 heteroatoms. The van der Waals surface area contributed by atoms with Gasteiger partial charge in [-0.1, -0.05) is 17.7 Å². The van der Waals surface area contributed by atoms with E-state index in [1.165, 1.54) is 10.4 Å². The van der Waals surface area contributed by atoms with Crippen molar-refractivity contribution in [2.45, 2.75) is 12.8 Å². The quantitative estimate of drug-likeness (QED) is 0.769. The van der Waals surface area contributed by atoms with Crippen LogP contribution in [0, 0.1) is 5.92 Å². The van der Waals surface area contributed by atoms with Crippen LogP contribution in [0.4, 0.5) is 0 Å². The van der Waals surface area contributed by atoms with Crippen molar-refractivity contribution in [3.63, 3.8) is 0 Å². The topological polar surface area (TPSA) is 57.6 Å². The van der Waals surface area contributed by atoms with Gasteiger partial charge in [-0.3, -0.25) is 9.59 Å². The van der Waals surface area contributed by atoms with Crippen LogP contribution in [0.25, 0.3) is 0 Å². The summed E-state index contributed by atoms with van der Waals surface area (Å²) in [6, 6.07) is 0. The molecule has 0 spiro atoms. The van der Waals surface area contributed by atoms with E-state index in [1.54, 1.807) is 6.08 Å². The summed E-state index contributed by atoms with van der Waals surface area (Å²) in [5, 5.41) is 8.79. The number of hydrogen-bond donors (Lipinski definition) is 1. The summed E-state index contributed by atoms with van der Waals surface area (Å²) in [6.45, 7) is 0.682. The van der Waals surface area contributed by atoms with E-state index >= 15 is 0 Å². The van der Waals surface area contributed by atoms with E-state index in [0.29, 0.717) is 19.4 Å². The molecule has 1 amide bonds. The van der Waals surface area contributed by atoms with E-state index in [4.69, 9.17) is 16.7 Å². The summed E-state index contributed by atoms with van der Waals surface area (Å²) in [4.78, 5) is 23.5. The SMILES string of the molecule is O=C(O)C1CCC(=O)N(CC=CCl)C1. The minimum absolute atomic E-state index is 0.00253. The van der Waals surface area contributed by atoms with Crippen LogP contribution in [0.2, 0.25) is 0 Å². The van der Waals surface area contributed by atoms with Crippen molar-refractivity contribution in [2.24, 2.45) is 5.92 Å². The van der Waals surface area contributed by atoms with Gasteiger partial charge in [-0.2, -0.15) is 0 Å². The van der Waals surface area contributed by atoms with Gasteiger partial charge in [0.25, 0.3) is 0 Å². The fraction of sp³-hybridized carbons (Fsp3) is 0.556. The van der Waals surface area contributed by atoms with Crippen molar-refractivity contribution in [1.82, 2.24) is 4.90 Å². The number of carbonyl (C=O) groups excluding carboxylic acids is 1. The lowest BCUT2D eigenvalue weighted by molar-refractivity contribution is -0.147. The third-order valence-electron chi connectivity index (χ3n) is 2.26. The Morgan fingerprint density at radius 1 is 1.71 bits per heavy atom. The molecule has 0 aromatic heterocycles. The minimum Gasteiger partial charge on any atom is -0.481 e. The molecule has 1 unspecified atom stereocenters. The Morgan fingerprint density at radius 3 is 3.00 bits per heavy atom. The molecule has 1 N–H and O–H groups in total. The standard InChI is InChI=1S/C9H12ClNO3/c10-4-1-5-11-6-7(9(13)14)2-3-8(11)12/h1,4,7H,2-3,5-6H2,(H,13,14). The molecule has 1 aliphatic heterocycles. The first kappa shape index (κ1) is 11.0. The van der Waals surface area contributed by atoms with Crippen molar-refractivity contribution >= 4 is 23.5 Å². The van der Waals surface area contributed by atoms with Crippen LogP contribution in [-0.4, -0.2) is 35.0 Å². The summed E-state index contributed by atoms with van der Waals surface area (Å²) in [7, 11) is 0. The number of carboxylic acid groups (broad SMARTS) is 1. The molecule has 78 valence electrons. The van der Waals surface area contributed by atoms with Crippen LogP contribution < -0.4 is 0 Å². The van der Waals surface area contributed by atoms with Crippen molar-refractivity contribution in [3.05, 3.63) is 11.6 Å². The summed E-state index contributed by atoms with van der Waals surface area (Å²) < 4.78 is 0. The maximum atomic E-state index is 11.3. The van der Waals surface area contributed by atoms with E-state index in [-0.39, 0.29) is 12.5 Å². The maximum Gasteiger partial charge on any atom is 0.308 e. The van der Waals surface area contributed by atoms with Crippen LogP contribution in [-0.2, 0) is 9.59 Å². The molecule has 0 aromatic rings. The minimum atomic E-state index is -0.836. The molecule has 1 aliphatic rings. The predicted octanol–water partition coefficient (Wildman–Crippen LogP) is 1.06. The van der Waals surface area contributed by atoms with Gasteiger partial charge in [-0.05, 0) is 6.42 Å². The lowest BCUT2D eigenvalue weighted by Gasteiger charge is -2.29. The van der Waals surface area contributed by atoms with E-state index in [2.05, 4.69) is 0 Å². The zero-order valence-corrected chi connectivity index (χ0v) is 8.41. The number of piperidine rings is 1. The van der Waals surface area contributed by atoms with Crippen molar-refractivity contribution < 1.29 is 14.7 Å². The highest BCUT2D eigenvalue weighted by Gasteiger charge is 2.29. The summed E-state index contributed by atoms with van der Waals surface area (Å²) in [6.07, 6.45) is 2.38. The third kappa shape index (κ3) is 2.73. The molecule has 1 heterocycles. The van der Waals surface area contributed by atoms with Crippen LogP contribution in [0.15, 0.2) is 11.6 Å². The lowest BCUT2D eigenvalue weighted by Crippen LogP contribution is -2.42. The summed E-state index contributed by atoms with van der Waals surface area (Å²) >= 11 is 5.33. The second-order valence-corrected chi connectivity index (χ2v) is 3.49. The van der Waals surface area contributed by atoms with Gasteiger partial charge in [0.05, 0.1) is 5.92 Å². The first-order chi connectivity index (χ1) is 6.65. The number of hydrogen-bond acceptors (Lipinski definition) is 2. The monoisotopic (exact) mass is 217 g/mol. The highest BCUT2D eigenvalue weighted by atomic mass is 35.5. The van der Waals surface area contributed by atoms with Gasteiger partial charge in [-0.15, -0.1) is 0 Å². The molecule has 4 nitrogen and oxygen atoms in total. The van der Waals surface area contributed by atoms with Gasteiger partial charge >= 0.3 is 5.97 Å². The number of likely N-dealkylation sites (tertiary alicyclic amines) is 1. The van der Waals surface area contributed by atoms with Gasteiger partial charge in [-0.25, -0.2) is 0 Å². The fourth-order valence-electron chi connectivity index (χ4n) is 1.46. The highest BCUT2D eigenvalue weighted by Crippen LogP contribution is 2.17. The second-order valence-electron chi connectivity index (χ2n) is 3.23. The Kier molecular flexibility index (Phi) is 3.95. The Labute approximate surface area is 87.1 Å². The van der Waals surface area contributed by atoms with Crippen molar-refractivity contribution in [3.8, 4) is 0 Å². The maximum absolute atomic E-state index is 11.3. The van der Waals surface area contributed by atoms with Crippen LogP contribution in [0.1, 0.15) is 12.8 Å².